The molecule has 22 nitrogen and oxygen atoms in total. The quantitative estimate of drug-likeness (QED) is 0.0359. The molecule has 71 heavy (non-hydrogen) atoms. The van der Waals surface area contributed by atoms with E-state index in [0.29, 0.717) is 64.5 Å². The monoisotopic (exact) mass is 1010 g/mol. The van der Waals surface area contributed by atoms with Gasteiger partial charge in [0.2, 0.25) is 23.5 Å². The number of aliphatic hydroxyl groups is 2. The van der Waals surface area contributed by atoms with Crippen LogP contribution in [0.1, 0.15) is 79.6 Å². The molecule has 0 aromatic heterocycles. The van der Waals surface area contributed by atoms with Crippen LogP contribution in [-0.2, 0) is 52.5 Å². The van der Waals surface area contributed by atoms with Crippen LogP contribution in [0.15, 0.2) is 23.8 Å². The molecule has 10 N–H and O–H groups in total. The zero-order valence-corrected chi connectivity index (χ0v) is 42.1. The molecule has 0 aliphatic heterocycles. The van der Waals surface area contributed by atoms with E-state index >= 15 is 4.39 Å². The second-order valence-corrected chi connectivity index (χ2v) is 19.7. The molecule has 0 heterocycles. The van der Waals surface area contributed by atoms with E-state index in [1.807, 2.05) is 0 Å². The smallest absolute Gasteiger partial charge is 0.409 e. The average Bonchev–Trinajstić information content (AvgIpc) is 3.52. The molecule has 3 saturated carbocycles. The number of nitrogens with one attached hydrogen (secondary N) is 4. The Balaban J connectivity index is 1.24. The summed E-state index contributed by atoms with van der Waals surface area (Å²) in [7, 11) is 1.38. The molecule has 0 bridgehead atoms. The maximum atomic E-state index is 17.6. The highest BCUT2D eigenvalue weighted by Crippen LogP contribution is 2.70. The fraction of sp³-hybridized carbons (Fsp3) is 0.771. The van der Waals surface area contributed by atoms with Gasteiger partial charge < -0.3 is 70.6 Å². The van der Waals surface area contributed by atoms with Crippen LogP contribution in [0.3, 0.4) is 0 Å². The Morgan fingerprint density at radius 3 is 2.13 bits per heavy atom. The molecule has 0 spiro atoms. The lowest BCUT2D eigenvalue weighted by Crippen LogP contribution is -2.69. The number of nitrogens with two attached hydrogens (primary N) is 2. The molecule has 402 valence electrons. The molecule has 4 aliphatic carbocycles. The van der Waals surface area contributed by atoms with Crippen molar-refractivity contribution in [3.8, 4) is 0 Å². The summed E-state index contributed by atoms with van der Waals surface area (Å²) >= 11 is 0. The SMILES string of the molecule is CC(C)[C@H](NC(=O)CCOCCOCCOCCOCCON)C(=O)N[C@@H](CCCNC(N)=O)C(=O)NCCN(C)C(=O)OCC(=O)[C@@]1(O)[C@H](C)C[C@H]2[C@@H]3CCC4=CC(=O)C=C[C@]4(C)[C@@]3(F)[C@@H](O)C[C@@]21C. The maximum Gasteiger partial charge on any atom is 0.409 e. The number of aliphatic hydroxyl groups excluding tert-OH is 1. The second-order valence-electron chi connectivity index (χ2n) is 19.7. The predicted molar refractivity (Wildman–Crippen MR) is 253 cm³/mol. The van der Waals surface area contributed by atoms with E-state index < -0.39 is 100 Å². The Kier molecular flexibility index (Phi) is 22.3. The van der Waals surface area contributed by atoms with Crippen LogP contribution in [0.4, 0.5) is 14.0 Å². The van der Waals surface area contributed by atoms with Crippen molar-refractivity contribution in [3.05, 3.63) is 23.8 Å². The second kappa shape index (κ2) is 26.9. The standard InChI is InChI=1S/C48H78FN7O15/c1-30(2)40(55-39(60)12-17-66-18-19-67-20-21-68-22-23-69-24-25-71-51)42(62)54-36(8-7-14-53-43(50)63)41(61)52-15-16-56(6)44(64)70-29-38(59)48(65)31(3)26-35-34-10-9-32-27-33(57)11-13-45(32,4)47(34,49)37(58)28-46(35,48)5/h11,13,27,30-31,34-37,40,58,65H,7-10,12,14-26,28-29,51H2,1-6H3,(H,52,61)(H,54,62)(H,55,60)(H3,50,53,63)/t31-,34+,35+,36+,37+,40+,45+,46+,47+,48+/m1/s1. The number of nitrogens with zero attached hydrogens (tertiary/aromatic N) is 1. The van der Waals surface area contributed by atoms with Gasteiger partial charge in [0, 0.05) is 49.9 Å². The Hall–Kier alpha value is -4.62. The number of halogens is 1. The van der Waals surface area contributed by atoms with Crippen LogP contribution < -0.4 is 32.9 Å². The first-order chi connectivity index (χ1) is 33.6. The highest BCUT2D eigenvalue weighted by molar-refractivity contribution is 6.01. The third kappa shape index (κ3) is 14.3. The van der Waals surface area contributed by atoms with E-state index in [1.165, 1.54) is 25.3 Å². The summed E-state index contributed by atoms with van der Waals surface area (Å²) in [5.74, 6) is -0.0760. The van der Waals surface area contributed by atoms with Gasteiger partial charge in [0.05, 0.1) is 65.6 Å². The number of hydrogen-bond donors (Lipinski definition) is 8. The number of urea groups is 1. The summed E-state index contributed by atoms with van der Waals surface area (Å²) in [5.41, 5.74) is -0.914. The normalized spacial score (nSPS) is 28.4. The molecule has 0 unspecified atom stereocenters. The Morgan fingerprint density at radius 2 is 1.52 bits per heavy atom. The van der Waals surface area contributed by atoms with Crippen molar-refractivity contribution in [3.63, 3.8) is 0 Å². The first-order valence-corrected chi connectivity index (χ1v) is 24.6. The number of alkyl halides is 1. The van der Waals surface area contributed by atoms with E-state index in [0.717, 1.165) is 4.90 Å². The highest BCUT2D eigenvalue weighted by Gasteiger charge is 2.75. The van der Waals surface area contributed by atoms with Crippen LogP contribution in [0.25, 0.3) is 0 Å². The molecule has 0 aromatic carbocycles. The average molecular weight is 1010 g/mol. The number of fused-ring (bicyclic) bond motifs is 5. The number of carbonyl (C=O) groups excluding carboxylic acids is 7. The van der Waals surface area contributed by atoms with Crippen molar-refractivity contribution in [2.75, 3.05) is 92.8 Å². The first kappa shape index (κ1) is 58.9. The van der Waals surface area contributed by atoms with Crippen molar-refractivity contribution in [1.29, 1.82) is 0 Å². The van der Waals surface area contributed by atoms with E-state index in [-0.39, 0.29) is 76.8 Å². The Morgan fingerprint density at radius 1 is 0.901 bits per heavy atom. The van der Waals surface area contributed by atoms with Gasteiger partial charge >= 0.3 is 12.1 Å². The minimum absolute atomic E-state index is 0.0465. The molecule has 0 aromatic rings. The molecule has 23 heteroatoms. The number of allylic oxidation sites excluding steroid dienone is 4. The number of Topliss-reactive ketones (excluding diaryl/α,β-unsaturated/α-hetero) is 1. The summed E-state index contributed by atoms with van der Waals surface area (Å²) in [6.07, 6.45) is 2.87. The molecule has 10 atom stereocenters. The third-order valence-electron chi connectivity index (χ3n) is 14.8. The Bertz CT molecular complexity index is 1930. The molecule has 0 radical (unpaired) electrons. The lowest BCUT2D eigenvalue weighted by Gasteiger charge is -2.62. The minimum atomic E-state index is -2.15. The molecular formula is C48H78FN7O15. The predicted octanol–water partition coefficient (Wildman–Crippen LogP) is 0.509. The molecule has 4 rings (SSSR count). The van der Waals surface area contributed by atoms with E-state index in [2.05, 4.69) is 26.1 Å². The molecule has 3 fully saturated rings. The van der Waals surface area contributed by atoms with Gasteiger partial charge in [-0.05, 0) is 75.4 Å². The molecule has 6 amide bonds. The topological polar surface area (TPSA) is 319 Å². The zero-order chi connectivity index (χ0) is 52.6. The van der Waals surface area contributed by atoms with Crippen molar-refractivity contribution in [2.45, 2.75) is 109 Å². The fourth-order valence-electron chi connectivity index (χ4n) is 10.9. The van der Waals surface area contributed by atoms with Gasteiger partial charge in [0.25, 0.3) is 0 Å². The van der Waals surface area contributed by atoms with Gasteiger partial charge in [0.15, 0.2) is 18.1 Å². The zero-order valence-electron chi connectivity index (χ0n) is 42.1. The minimum Gasteiger partial charge on any atom is -0.441 e. The van der Waals surface area contributed by atoms with Crippen LogP contribution in [-0.4, -0.2) is 179 Å². The van der Waals surface area contributed by atoms with Crippen LogP contribution in [0.5, 0.6) is 0 Å². The van der Waals surface area contributed by atoms with Crippen molar-refractivity contribution in [2.24, 2.45) is 46.1 Å². The maximum absolute atomic E-state index is 17.6. The molecule has 0 saturated heterocycles. The van der Waals surface area contributed by atoms with Crippen LogP contribution in [0.2, 0.25) is 0 Å². The summed E-state index contributed by atoms with van der Waals surface area (Å²) in [6.45, 7) is 10.4. The van der Waals surface area contributed by atoms with Gasteiger partial charge in [-0.25, -0.2) is 19.9 Å². The number of rotatable bonds is 30. The van der Waals surface area contributed by atoms with E-state index in [4.69, 9.17) is 35.3 Å². The van der Waals surface area contributed by atoms with Crippen molar-refractivity contribution >= 4 is 41.4 Å². The number of carbonyl (C=O) groups is 7. The van der Waals surface area contributed by atoms with E-state index in [9.17, 15) is 43.8 Å². The molecule has 4 aliphatic rings. The number of primary amides is 1. The third-order valence-corrected chi connectivity index (χ3v) is 14.8. The fourth-order valence-corrected chi connectivity index (χ4v) is 10.9. The van der Waals surface area contributed by atoms with E-state index in [1.54, 1.807) is 34.6 Å². The van der Waals surface area contributed by atoms with Crippen molar-refractivity contribution < 1.29 is 76.7 Å². The highest BCUT2D eigenvalue weighted by atomic mass is 19.1. The summed E-state index contributed by atoms with van der Waals surface area (Å²) < 4.78 is 44.5. The number of amides is 6. The lowest BCUT2D eigenvalue weighted by molar-refractivity contribution is -0.219. The van der Waals surface area contributed by atoms with Crippen molar-refractivity contribution in [1.82, 2.24) is 26.2 Å². The van der Waals surface area contributed by atoms with Crippen LogP contribution in [0, 0.1) is 34.5 Å². The van der Waals surface area contributed by atoms with Gasteiger partial charge in [0.1, 0.15) is 17.7 Å². The summed E-state index contributed by atoms with van der Waals surface area (Å²) in [4.78, 5) is 96.0. The number of ketones is 2. The van der Waals surface area contributed by atoms with Gasteiger partial charge in [-0.3, -0.25) is 24.0 Å². The van der Waals surface area contributed by atoms with Gasteiger partial charge in [-0.1, -0.05) is 39.3 Å². The largest absolute Gasteiger partial charge is 0.441 e. The number of likely N-dealkylation sites (N-methyl/N-ethyl adjacent to an activating group) is 1. The van der Waals surface area contributed by atoms with Gasteiger partial charge in [-0.15, -0.1) is 0 Å². The summed E-state index contributed by atoms with van der Waals surface area (Å²) in [5, 5.41) is 34.4. The number of hydrogen-bond acceptors (Lipinski definition) is 16. The first-order valence-electron chi connectivity index (χ1n) is 24.6. The van der Waals surface area contributed by atoms with Crippen LogP contribution >= 0.6 is 0 Å². The van der Waals surface area contributed by atoms with Gasteiger partial charge in [-0.2, -0.15) is 0 Å². The number of ether oxygens (including phenoxy) is 5. The lowest BCUT2D eigenvalue weighted by atomic mass is 9.44. The molecular weight excluding hydrogens is 934 g/mol. The Labute approximate surface area is 415 Å². The summed E-state index contributed by atoms with van der Waals surface area (Å²) in [6, 6.07) is -2.91.